The lowest BCUT2D eigenvalue weighted by molar-refractivity contribution is -0.133. The summed E-state index contributed by atoms with van der Waals surface area (Å²) in [5.74, 6) is 0.401. The number of aromatic nitrogens is 2. The summed E-state index contributed by atoms with van der Waals surface area (Å²) < 4.78 is 2.73. The van der Waals surface area contributed by atoms with Crippen LogP contribution >= 0.6 is 0 Å². The minimum Gasteiger partial charge on any atom is -0.341 e. The second kappa shape index (κ2) is 8.69. The summed E-state index contributed by atoms with van der Waals surface area (Å²) in [6, 6.07) is 16.8. The molecule has 3 aromatic rings. The number of hydrogen-bond acceptors (Lipinski definition) is 3. The van der Waals surface area contributed by atoms with E-state index in [2.05, 4.69) is 6.92 Å². The number of aryl methyl sites for hydroxylation is 1. The summed E-state index contributed by atoms with van der Waals surface area (Å²) in [4.78, 5) is 41.1. The van der Waals surface area contributed by atoms with Crippen molar-refractivity contribution < 1.29 is 4.79 Å². The van der Waals surface area contributed by atoms with Crippen LogP contribution in [0.1, 0.15) is 25.3 Å². The van der Waals surface area contributed by atoms with Crippen molar-refractivity contribution in [2.75, 3.05) is 13.1 Å². The Kier molecular flexibility index (Phi) is 5.84. The smallest absolute Gasteiger partial charge is 0.331 e. The third-order valence-electron chi connectivity index (χ3n) is 5.90. The minimum absolute atomic E-state index is 0.0440. The van der Waals surface area contributed by atoms with Crippen molar-refractivity contribution in [2.24, 2.45) is 5.92 Å². The molecule has 1 aliphatic heterocycles. The van der Waals surface area contributed by atoms with Gasteiger partial charge < -0.3 is 4.90 Å². The molecule has 0 radical (unpaired) electrons. The van der Waals surface area contributed by atoms with Crippen LogP contribution < -0.4 is 11.2 Å². The van der Waals surface area contributed by atoms with Crippen molar-refractivity contribution in [3.05, 3.63) is 81.0 Å². The summed E-state index contributed by atoms with van der Waals surface area (Å²) in [7, 11) is 0. The molecule has 1 amide bonds. The van der Waals surface area contributed by atoms with Crippen LogP contribution in [0, 0.1) is 5.92 Å². The Morgan fingerprint density at radius 2 is 1.73 bits per heavy atom. The van der Waals surface area contributed by atoms with E-state index in [-0.39, 0.29) is 24.6 Å². The summed E-state index contributed by atoms with van der Waals surface area (Å²) in [5, 5.41) is 0.463. The number of likely N-dealkylation sites (tertiary alicyclic amines) is 1. The molecule has 1 aliphatic rings. The minimum atomic E-state index is -0.423. The van der Waals surface area contributed by atoms with Gasteiger partial charge in [0.2, 0.25) is 5.91 Å². The summed E-state index contributed by atoms with van der Waals surface area (Å²) >= 11 is 0. The molecule has 1 atom stereocenters. The van der Waals surface area contributed by atoms with E-state index in [9.17, 15) is 14.4 Å². The van der Waals surface area contributed by atoms with Gasteiger partial charge >= 0.3 is 5.69 Å². The molecule has 0 unspecified atom stereocenters. The lowest BCUT2D eigenvalue weighted by Crippen LogP contribution is -2.45. The molecule has 6 nitrogen and oxygen atoms in total. The van der Waals surface area contributed by atoms with Crippen LogP contribution in [0.3, 0.4) is 0 Å². The third kappa shape index (κ3) is 4.08. The molecule has 0 saturated carbocycles. The number of piperidine rings is 1. The van der Waals surface area contributed by atoms with Gasteiger partial charge in [0.15, 0.2) is 0 Å². The van der Waals surface area contributed by atoms with E-state index >= 15 is 0 Å². The topological polar surface area (TPSA) is 64.3 Å². The summed E-state index contributed by atoms with van der Waals surface area (Å²) in [5.41, 5.74) is 0.846. The highest BCUT2D eigenvalue weighted by atomic mass is 16.2. The summed E-state index contributed by atoms with van der Waals surface area (Å²) in [6.07, 6.45) is 2.68. The Hall–Kier alpha value is -3.15. The van der Waals surface area contributed by atoms with Crippen LogP contribution in [0.4, 0.5) is 0 Å². The van der Waals surface area contributed by atoms with Gasteiger partial charge in [-0.2, -0.15) is 0 Å². The second-order valence-corrected chi connectivity index (χ2v) is 8.17. The average Bonchev–Trinajstić information content (AvgIpc) is 2.77. The van der Waals surface area contributed by atoms with Crippen molar-refractivity contribution in [3.8, 4) is 0 Å². The highest BCUT2D eigenvalue weighted by Gasteiger charge is 2.23. The van der Waals surface area contributed by atoms with Crippen LogP contribution in [-0.2, 0) is 24.3 Å². The standard InChI is InChI=1S/C24H27N3O3/c1-18-8-7-14-25(16-18)22(28)17-27-21-12-6-5-11-20(21)23(29)26(24(27)30)15-13-19-9-3-2-4-10-19/h2-6,9-12,18H,7-8,13-17H2,1H3/t18-/m0/s1. The molecule has 2 aromatic carbocycles. The van der Waals surface area contributed by atoms with Gasteiger partial charge in [0.25, 0.3) is 5.56 Å². The molecule has 0 aliphatic carbocycles. The molecular weight excluding hydrogens is 378 g/mol. The normalized spacial score (nSPS) is 16.7. The van der Waals surface area contributed by atoms with E-state index in [1.165, 1.54) is 9.13 Å². The number of carbonyl (C=O) groups is 1. The molecular formula is C24H27N3O3. The van der Waals surface area contributed by atoms with Crippen molar-refractivity contribution in [1.82, 2.24) is 14.0 Å². The van der Waals surface area contributed by atoms with E-state index in [4.69, 9.17) is 0 Å². The Morgan fingerprint density at radius 3 is 2.50 bits per heavy atom. The predicted molar refractivity (Wildman–Crippen MR) is 118 cm³/mol. The first-order valence-corrected chi connectivity index (χ1v) is 10.6. The highest BCUT2D eigenvalue weighted by molar-refractivity contribution is 5.81. The van der Waals surface area contributed by atoms with Crippen molar-refractivity contribution >= 4 is 16.8 Å². The molecule has 2 heterocycles. The summed E-state index contributed by atoms with van der Waals surface area (Å²) in [6.45, 7) is 3.83. The van der Waals surface area contributed by atoms with Crippen molar-refractivity contribution in [2.45, 2.75) is 39.3 Å². The Bertz CT molecular complexity index is 1160. The van der Waals surface area contributed by atoms with Gasteiger partial charge in [0.1, 0.15) is 6.54 Å². The number of nitrogens with zero attached hydrogens (tertiary/aromatic N) is 3. The first kappa shape index (κ1) is 20.1. The van der Waals surface area contributed by atoms with Crippen molar-refractivity contribution in [3.63, 3.8) is 0 Å². The fraction of sp³-hybridized carbons (Fsp3) is 0.375. The highest BCUT2D eigenvalue weighted by Crippen LogP contribution is 2.16. The number of fused-ring (bicyclic) bond motifs is 1. The lowest BCUT2D eigenvalue weighted by Gasteiger charge is -2.31. The zero-order valence-corrected chi connectivity index (χ0v) is 17.3. The molecule has 0 spiro atoms. The van der Waals surface area contributed by atoms with Gasteiger partial charge in [0, 0.05) is 19.6 Å². The first-order valence-electron chi connectivity index (χ1n) is 10.6. The molecule has 0 N–H and O–H groups in total. The maximum absolute atomic E-state index is 13.3. The molecule has 156 valence electrons. The Balaban J connectivity index is 1.70. The second-order valence-electron chi connectivity index (χ2n) is 8.17. The molecule has 1 aromatic heterocycles. The zero-order chi connectivity index (χ0) is 21.1. The fourth-order valence-corrected chi connectivity index (χ4v) is 4.26. The van der Waals surface area contributed by atoms with Crippen molar-refractivity contribution in [1.29, 1.82) is 0 Å². The predicted octanol–water partition coefficient (Wildman–Crippen LogP) is 2.66. The maximum Gasteiger partial charge on any atom is 0.331 e. The van der Waals surface area contributed by atoms with Gasteiger partial charge in [-0.05, 0) is 42.9 Å². The number of hydrogen-bond donors (Lipinski definition) is 0. The number of amides is 1. The van der Waals surface area contributed by atoms with E-state index in [1.54, 1.807) is 24.3 Å². The molecule has 30 heavy (non-hydrogen) atoms. The number of benzene rings is 2. The Morgan fingerprint density at radius 1 is 1.00 bits per heavy atom. The van der Waals surface area contributed by atoms with Gasteiger partial charge in [-0.25, -0.2) is 4.79 Å². The first-order chi connectivity index (χ1) is 14.5. The number of rotatable bonds is 5. The monoisotopic (exact) mass is 405 g/mol. The maximum atomic E-state index is 13.3. The molecule has 0 bridgehead atoms. The van der Waals surface area contributed by atoms with E-state index < -0.39 is 5.69 Å². The molecule has 4 rings (SSSR count). The van der Waals surface area contributed by atoms with Gasteiger partial charge in [-0.3, -0.25) is 18.7 Å². The zero-order valence-electron chi connectivity index (χ0n) is 17.3. The molecule has 1 saturated heterocycles. The van der Waals surface area contributed by atoms with Crippen LogP contribution in [0.5, 0.6) is 0 Å². The van der Waals surface area contributed by atoms with Crippen LogP contribution in [-0.4, -0.2) is 33.0 Å². The number of carbonyl (C=O) groups excluding carboxylic acids is 1. The van der Waals surface area contributed by atoms with Gasteiger partial charge in [-0.15, -0.1) is 0 Å². The largest absolute Gasteiger partial charge is 0.341 e. The Labute approximate surface area is 175 Å². The average molecular weight is 405 g/mol. The van der Waals surface area contributed by atoms with Crippen LogP contribution in [0.2, 0.25) is 0 Å². The quantitative estimate of drug-likeness (QED) is 0.656. The molecule has 1 fully saturated rings. The van der Waals surface area contributed by atoms with E-state index in [0.717, 1.165) is 31.5 Å². The van der Waals surface area contributed by atoms with E-state index in [1.807, 2.05) is 35.2 Å². The van der Waals surface area contributed by atoms with Crippen LogP contribution in [0.25, 0.3) is 10.9 Å². The van der Waals surface area contributed by atoms with Gasteiger partial charge in [0.05, 0.1) is 10.9 Å². The van der Waals surface area contributed by atoms with Crippen LogP contribution in [0.15, 0.2) is 64.2 Å². The molecule has 6 heteroatoms. The SMILES string of the molecule is C[C@H]1CCCN(C(=O)Cn2c(=O)n(CCc3ccccc3)c(=O)c3ccccc32)C1. The lowest BCUT2D eigenvalue weighted by atomic mass is 10.0. The fourth-order valence-electron chi connectivity index (χ4n) is 4.26. The van der Waals surface area contributed by atoms with Gasteiger partial charge in [-0.1, -0.05) is 49.4 Å². The number of para-hydroxylation sites is 1. The third-order valence-corrected chi connectivity index (χ3v) is 5.90. The van der Waals surface area contributed by atoms with E-state index in [0.29, 0.717) is 23.2 Å².